The molecule has 0 radical (unpaired) electrons. The number of hydrogen-bond donors (Lipinski definition) is 2. The summed E-state index contributed by atoms with van der Waals surface area (Å²) in [6, 6.07) is 68.2. The molecule has 0 aliphatic carbocycles. The van der Waals surface area contributed by atoms with Crippen molar-refractivity contribution in [3.63, 3.8) is 0 Å². The molecule has 0 aliphatic rings. The Balaban J connectivity index is 0.000000172. The molecule has 0 fully saturated rings. The van der Waals surface area contributed by atoms with Gasteiger partial charge >= 0.3 is 7.12 Å². The highest BCUT2D eigenvalue weighted by Crippen LogP contribution is 2.45. The first kappa shape index (κ1) is 46.8. The summed E-state index contributed by atoms with van der Waals surface area (Å²) in [6.07, 6.45) is 0. The van der Waals surface area contributed by atoms with Gasteiger partial charge in [-0.15, -0.1) is 0 Å². The van der Waals surface area contributed by atoms with Gasteiger partial charge in [-0.3, -0.25) is 0 Å². The van der Waals surface area contributed by atoms with Crippen LogP contribution < -0.4 is 5.46 Å². The number of rotatable bonds is 4. The van der Waals surface area contributed by atoms with Gasteiger partial charge in [0.05, 0.1) is 23.3 Å². The van der Waals surface area contributed by atoms with Gasteiger partial charge in [0.1, 0.15) is 0 Å². The fourth-order valence-corrected chi connectivity index (χ4v) is 8.84. The van der Waals surface area contributed by atoms with Crippen molar-refractivity contribution >= 4 is 94.8 Å². The molecule has 10 aromatic carbocycles. The minimum absolute atomic E-state index is 0. The van der Waals surface area contributed by atoms with Crippen molar-refractivity contribution in [1.82, 2.24) is 0 Å². The Kier molecular flexibility index (Phi) is 15.4. The maximum absolute atomic E-state index is 9.21. The zero-order chi connectivity index (χ0) is 43.2. The summed E-state index contributed by atoms with van der Waals surface area (Å²) >= 11 is 16.0. The molecule has 0 atom stereocenters. The van der Waals surface area contributed by atoms with Crippen molar-refractivity contribution in [2.24, 2.45) is 0 Å². The first-order valence-corrected chi connectivity index (χ1v) is 21.2. The van der Waals surface area contributed by atoms with Crippen molar-refractivity contribution in [3.05, 3.63) is 220 Å². The van der Waals surface area contributed by atoms with Crippen molar-refractivity contribution in [2.75, 3.05) is 0 Å². The third kappa shape index (κ3) is 9.74. The minimum Gasteiger partial charge on any atom is -0.423 e. The largest absolute Gasteiger partial charge is 0.488 e. The zero-order valence-electron chi connectivity index (χ0n) is 33.0. The Morgan fingerprint density at radius 3 is 1.02 bits per heavy atom. The monoisotopic (exact) mass is 934 g/mol. The maximum atomic E-state index is 9.21. The van der Waals surface area contributed by atoms with Gasteiger partial charge in [-0.25, -0.2) is 0 Å². The summed E-state index contributed by atoms with van der Waals surface area (Å²) in [4.78, 5) is 0. The third-order valence-corrected chi connectivity index (χ3v) is 12.0. The van der Waals surface area contributed by atoms with Crippen LogP contribution in [0.25, 0.3) is 76.5 Å². The van der Waals surface area contributed by atoms with Gasteiger partial charge in [0.15, 0.2) is 0 Å². The molecule has 0 aromatic heterocycles. The summed E-state index contributed by atoms with van der Waals surface area (Å²) in [5.41, 5.74) is 8.51. The lowest BCUT2D eigenvalue weighted by atomic mass is 9.80. The first-order valence-electron chi connectivity index (χ1n) is 19.7. The van der Waals surface area contributed by atoms with Crippen molar-refractivity contribution in [1.29, 1.82) is 10.5 Å². The number of hydrogen-bond acceptors (Lipinski definition) is 4. The number of nitrogens with zero attached hydrogens (tertiary/aromatic N) is 2. The quantitative estimate of drug-likeness (QED) is 0.136. The fraction of sp³-hybridized carbons (Fsp3) is 0.0357. The molecule has 64 heavy (non-hydrogen) atoms. The molecule has 0 bridgehead atoms. The van der Waals surface area contributed by atoms with Gasteiger partial charge in [-0.1, -0.05) is 184 Å². The molecule has 0 heterocycles. The van der Waals surface area contributed by atoms with Crippen LogP contribution in [0.1, 0.15) is 26.0 Å². The van der Waals surface area contributed by atoms with E-state index in [0.29, 0.717) is 16.6 Å². The highest BCUT2D eigenvalue weighted by molar-refractivity contribution is 9.10. The molecule has 2 N–H and O–H groups in total. The Bertz CT molecular complexity index is 3310. The van der Waals surface area contributed by atoms with Gasteiger partial charge in [0.2, 0.25) is 0 Å². The fourth-order valence-electron chi connectivity index (χ4n) is 7.80. The van der Waals surface area contributed by atoms with Crippen LogP contribution in [-0.4, -0.2) is 17.2 Å². The number of fused-ring (bicyclic) bond motifs is 6. The number of halogens is 3. The molecule has 4 nitrogen and oxygen atoms in total. The average molecular weight is 937 g/mol. The molecule has 0 saturated heterocycles. The lowest BCUT2D eigenvalue weighted by Crippen LogP contribution is -2.29. The van der Waals surface area contributed by atoms with E-state index in [4.69, 9.17) is 38.5 Å². The second kappa shape index (κ2) is 21.1. The van der Waals surface area contributed by atoms with Gasteiger partial charge in [-0.2, -0.15) is 10.5 Å². The molecule has 0 saturated carbocycles. The molecule has 0 spiro atoms. The Morgan fingerprint density at radius 2 is 0.656 bits per heavy atom. The van der Waals surface area contributed by atoms with Crippen LogP contribution in [0.3, 0.4) is 0 Å². The van der Waals surface area contributed by atoms with E-state index in [1.165, 1.54) is 89.6 Å². The molecule has 10 aromatic rings. The van der Waals surface area contributed by atoms with Crippen LogP contribution >= 0.6 is 39.1 Å². The number of benzene rings is 10. The molecule has 10 rings (SSSR count). The number of nitriles is 2. The van der Waals surface area contributed by atoms with E-state index in [-0.39, 0.29) is 14.9 Å². The van der Waals surface area contributed by atoms with E-state index in [1.807, 2.05) is 54.6 Å². The van der Waals surface area contributed by atoms with Gasteiger partial charge in [-0.05, 0) is 141 Å². The smallest absolute Gasteiger partial charge is 0.423 e. The second-order valence-electron chi connectivity index (χ2n) is 14.4. The lowest BCUT2D eigenvalue weighted by molar-refractivity contribution is 0.426. The van der Waals surface area contributed by atoms with E-state index in [0.717, 1.165) is 25.6 Å². The summed E-state index contributed by atoms with van der Waals surface area (Å²) < 4.78 is 1.13. The van der Waals surface area contributed by atoms with Gasteiger partial charge in [0, 0.05) is 20.1 Å². The molecule has 0 unspecified atom stereocenters. The Morgan fingerprint density at radius 1 is 0.375 bits per heavy atom. The highest BCUT2D eigenvalue weighted by Gasteiger charge is 2.18. The van der Waals surface area contributed by atoms with E-state index < -0.39 is 7.12 Å². The first-order chi connectivity index (χ1) is 30.2. The van der Waals surface area contributed by atoms with E-state index in [1.54, 1.807) is 0 Å². The summed E-state index contributed by atoms with van der Waals surface area (Å²) in [5.74, 6) is 0. The van der Waals surface area contributed by atoms with Crippen molar-refractivity contribution < 1.29 is 10.0 Å². The molecule has 0 aliphatic heterocycles. The Hall–Kier alpha value is -6.74. The predicted molar refractivity (Wildman–Crippen MR) is 276 cm³/mol. The van der Waals surface area contributed by atoms with Crippen LogP contribution in [0.5, 0.6) is 0 Å². The second-order valence-corrected chi connectivity index (χ2v) is 16.1. The Labute approximate surface area is 393 Å². The summed E-state index contributed by atoms with van der Waals surface area (Å²) in [6.45, 7) is 0. The topological polar surface area (TPSA) is 88.0 Å². The van der Waals surface area contributed by atoms with Crippen LogP contribution in [-0.2, 0) is 0 Å². The highest BCUT2D eigenvalue weighted by atomic mass is 79.9. The molecule has 312 valence electrons. The SMILES string of the molecule is C.C.Clc1ccc(-c2c(Br)c3ccccc3c3ccccc23)cc1.N#Cc1ccc(-c2c(-c3ccc(Cl)cc3)c3ccccc3c3ccccc23)cc1.N#Cc1ccc(B(O)O)cc1. The van der Waals surface area contributed by atoms with Crippen LogP contribution in [0, 0.1) is 22.7 Å². The van der Waals surface area contributed by atoms with E-state index >= 15 is 0 Å². The van der Waals surface area contributed by atoms with Gasteiger partial charge < -0.3 is 10.0 Å². The molecule has 8 heteroatoms. The third-order valence-electron chi connectivity index (χ3n) is 10.7. The standard InChI is InChI=1S/C27H16ClN.C20H12BrCl.C7H6BNO2.2CH4/c28-21-15-13-20(14-16-21)27-25-8-4-2-6-23(25)22-5-1-3-7-24(22)26(27)19-11-9-18(17-29)10-12-19;21-20-18-8-4-2-6-16(18)15-5-1-3-7-17(15)19(20)13-9-11-14(22)12-10-13;9-5-6-1-3-7(4-2-6)8(10)11;;/h1-16H;1-12H;1-4,10-11H;2*1H4. The van der Waals surface area contributed by atoms with E-state index in [2.05, 4.69) is 143 Å². The summed E-state index contributed by atoms with van der Waals surface area (Å²) in [5, 5.41) is 46.3. The zero-order valence-corrected chi connectivity index (χ0v) is 36.1. The molecular formula is C56H42BBrCl2N2O2. The molecule has 0 amide bonds. The minimum atomic E-state index is -1.46. The molecular weight excluding hydrogens is 894 g/mol. The van der Waals surface area contributed by atoms with E-state index in [9.17, 15) is 5.26 Å². The maximum Gasteiger partial charge on any atom is 0.488 e. The van der Waals surface area contributed by atoms with Crippen molar-refractivity contribution in [2.45, 2.75) is 14.9 Å². The van der Waals surface area contributed by atoms with Crippen LogP contribution in [0.4, 0.5) is 0 Å². The van der Waals surface area contributed by atoms with Crippen LogP contribution in [0.15, 0.2) is 199 Å². The van der Waals surface area contributed by atoms with Crippen LogP contribution in [0.2, 0.25) is 10.0 Å². The predicted octanol–water partition coefficient (Wildman–Crippen LogP) is 15.4. The summed E-state index contributed by atoms with van der Waals surface area (Å²) in [7, 11) is -1.46. The normalized spacial score (nSPS) is 10.3. The lowest BCUT2D eigenvalue weighted by Gasteiger charge is -2.18. The van der Waals surface area contributed by atoms with Crippen molar-refractivity contribution in [3.8, 4) is 45.5 Å². The average Bonchev–Trinajstić information content (AvgIpc) is 3.32. The van der Waals surface area contributed by atoms with Gasteiger partial charge in [0.25, 0.3) is 0 Å².